The number of hydrogen-bond acceptors (Lipinski definition) is 3. The maximum Gasteiger partial charge on any atom is 0.223 e. The van der Waals surface area contributed by atoms with Gasteiger partial charge in [0.05, 0.1) is 11.4 Å². The standard InChI is InChI=1S/C17H20ClN3/c1-5-11(2)13-6-8-14(9-7-13)16-15(10-19-4)12(3)20-17(18)21-16/h6-11H,5H2,1-4H3. The summed E-state index contributed by atoms with van der Waals surface area (Å²) in [5, 5.41) is 0.266. The van der Waals surface area contributed by atoms with Gasteiger partial charge in [-0.05, 0) is 36.4 Å². The summed E-state index contributed by atoms with van der Waals surface area (Å²) >= 11 is 6.01. The molecule has 3 nitrogen and oxygen atoms in total. The molecule has 21 heavy (non-hydrogen) atoms. The highest BCUT2D eigenvalue weighted by Crippen LogP contribution is 2.26. The molecule has 2 aromatic rings. The Bertz CT molecular complexity index is 648. The third-order valence-electron chi connectivity index (χ3n) is 3.73. The van der Waals surface area contributed by atoms with Gasteiger partial charge < -0.3 is 0 Å². The van der Waals surface area contributed by atoms with Crippen molar-refractivity contribution in [3.8, 4) is 11.3 Å². The third-order valence-corrected chi connectivity index (χ3v) is 3.90. The fourth-order valence-corrected chi connectivity index (χ4v) is 2.47. The van der Waals surface area contributed by atoms with E-state index >= 15 is 0 Å². The number of halogens is 1. The number of nitrogens with zero attached hydrogens (tertiary/aromatic N) is 3. The second-order valence-electron chi connectivity index (χ2n) is 5.16. The molecule has 0 amide bonds. The van der Waals surface area contributed by atoms with Crippen LogP contribution in [-0.4, -0.2) is 23.2 Å². The Kier molecular flexibility index (Phi) is 5.07. The first-order valence-electron chi connectivity index (χ1n) is 7.13. The average molecular weight is 302 g/mol. The Morgan fingerprint density at radius 3 is 2.48 bits per heavy atom. The zero-order chi connectivity index (χ0) is 15.4. The molecule has 0 saturated heterocycles. The molecule has 1 heterocycles. The van der Waals surface area contributed by atoms with E-state index in [4.69, 9.17) is 11.6 Å². The van der Waals surface area contributed by atoms with Gasteiger partial charge in [0.2, 0.25) is 5.28 Å². The van der Waals surface area contributed by atoms with Crippen LogP contribution in [0.3, 0.4) is 0 Å². The van der Waals surface area contributed by atoms with E-state index < -0.39 is 0 Å². The minimum absolute atomic E-state index is 0.266. The lowest BCUT2D eigenvalue weighted by molar-refractivity contribution is 0.734. The number of rotatable bonds is 4. The van der Waals surface area contributed by atoms with Crippen molar-refractivity contribution in [1.82, 2.24) is 9.97 Å². The number of aryl methyl sites for hydroxylation is 1. The molecular weight excluding hydrogens is 282 g/mol. The fraction of sp³-hybridized carbons (Fsp3) is 0.353. The lowest BCUT2D eigenvalue weighted by Crippen LogP contribution is -2.00. The molecule has 0 saturated carbocycles. The Morgan fingerprint density at radius 2 is 1.90 bits per heavy atom. The molecule has 0 N–H and O–H groups in total. The summed E-state index contributed by atoms with van der Waals surface area (Å²) in [5.41, 5.74) is 4.95. The van der Waals surface area contributed by atoms with Gasteiger partial charge >= 0.3 is 0 Å². The van der Waals surface area contributed by atoms with Crippen LogP contribution in [0, 0.1) is 6.92 Å². The van der Waals surface area contributed by atoms with E-state index in [9.17, 15) is 0 Å². The van der Waals surface area contributed by atoms with Crippen LogP contribution in [0.25, 0.3) is 11.3 Å². The Morgan fingerprint density at radius 1 is 1.24 bits per heavy atom. The molecule has 0 radical (unpaired) electrons. The van der Waals surface area contributed by atoms with Crippen molar-refractivity contribution < 1.29 is 0 Å². The highest BCUT2D eigenvalue weighted by molar-refractivity contribution is 6.28. The van der Waals surface area contributed by atoms with Crippen LogP contribution in [-0.2, 0) is 0 Å². The van der Waals surface area contributed by atoms with Crippen molar-refractivity contribution >= 4 is 17.8 Å². The lowest BCUT2D eigenvalue weighted by atomic mass is 9.96. The van der Waals surface area contributed by atoms with Gasteiger partial charge in [-0.15, -0.1) is 0 Å². The predicted molar refractivity (Wildman–Crippen MR) is 89.4 cm³/mol. The number of hydrogen-bond donors (Lipinski definition) is 0. The molecule has 110 valence electrons. The highest BCUT2D eigenvalue weighted by Gasteiger charge is 2.12. The number of benzene rings is 1. The van der Waals surface area contributed by atoms with Crippen molar-refractivity contribution in [3.05, 3.63) is 46.4 Å². The van der Waals surface area contributed by atoms with Gasteiger partial charge in [0.1, 0.15) is 0 Å². The minimum atomic E-state index is 0.266. The molecule has 2 rings (SSSR count). The third kappa shape index (κ3) is 3.48. The monoisotopic (exact) mass is 301 g/mol. The zero-order valence-electron chi connectivity index (χ0n) is 12.9. The van der Waals surface area contributed by atoms with Crippen molar-refractivity contribution in [2.45, 2.75) is 33.1 Å². The van der Waals surface area contributed by atoms with Crippen LogP contribution in [0.2, 0.25) is 5.28 Å². The summed E-state index contributed by atoms with van der Waals surface area (Å²) in [6, 6.07) is 8.49. The maximum absolute atomic E-state index is 6.01. The Hall–Kier alpha value is -1.74. The van der Waals surface area contributed by atoms with Crippen LogP contribution in [0.4, 0.5) is 0 Å². The van der Waals surface area contributed by atoms with Crippen LogP contribution in [0.5, 0.6) is 0 Å². The average Bonchev–Trinajstić information content (AvgIpc) is 2.49. The highest BCUT2D eigenvalue weighted by atomic mass is 35.5. The van der Waals surface area contributed by atoms with Crippen LogP contribution in [0.15, 0.2) is 29.3 Å². The molecular formula is C17H20ClN3. The van der Waals surface area contributed by atoms with E-state index in [2.05, 4.69) is 53.1 Å². The molecule has 1 atom stereocenters. The van der Waals surface area contributed by atoms with E-state index in [-0.39, 0.29) is 5.28 Å². The fourth-order valence-electron chi connectivity index (χ4n) is 2.26. The second kappa shape index (κ2) is 6.81. The van der Waals surface area contributed by atoms with Crippen LogP contribution >= 0.6 is 11.6 Å². The van der Waals surface area contributed by atoms with Crippen molar-refractivity contribution in [1.29, 1.82) is 0 Å². The SMILES string of the molecule is CCC(C)c1ccc(-c2nc(Cl)nc(C)c2C=NC)cc1. The summed E-state index contributed by atoms with van der Waals surface area (Å²) in [4.78, 5) is 12.7. The lowest BCUT2D eigenvalue weighted by Gasteiger charge is -2.11. The number of aromatic nitrogens is 2. The molecule has 1 unspecified atom stereocenters. The van der Waals surface area contributed by atoms with E-state index in [0.717, 1.165) is 28.9 Å². The van der Waals surface area contributed by atoms with E-state index in [1.165, 1.54) is 5.56 Å². The van der Waals surface area contributed by atoms with Gasteiger partial charge in [-0.25, -0.2) is 9.97 Å². The van der Waals surface area contributed by atoms with Crippen LogP contribution < -0.4 is 0 Å². The first-order chi connectivity index (χ1) is 10.1. The second-order valence-corrected chi connectivity index (χ2v) is 5.50. The molecule has 0 bridgehead atoms. The van der Waals surface area contributed by atoms with Gasteiger partial charge in [-0.1, -0.05) is 38.1 Å². The van der Waals surface area contributed by atoms with Gasteiger partial charge in [-0.3, -0.25) is 4.99 Å². The van der Waals surface area contributed by atoms with E-state index in [0.29, 0.717) is 5.92 Å². The van der Waals surface area contributed by atoms with Gasteiger partial charge in [0.15, 0.2) is 0 Å². The molecule has 0 spiro atoms. The normalized spacial score (nSPS) is 12.8. The molecule has 0 aliphatic heterocycles. The van der Waals surface area contributed by atoms with Gasteiger partial charge in [0, 0.05) is 24.4 Å². The van der Waals surface area contributed by atoms with E-state index in [1.54, 1.807) is 13.3 Å². The van der Waals surface area contributed by atoms with Gasteiger partial charge in [0.25, 0.3) is 0 Å². The van der Waals surface area contributed by atoms with Gasteiger partial charge in [-0.2, -0.15) is 0 Å². The zero-order valence-corrected chi connectivity index (χ0v) is 13.6. The van der Waals surface area contributed by atoms with Crippen LogP contribution in [0.1, 0.15) is 43.0 Å². The topological polar surface area (TPSA) is 38.1 Å². The summed E-state index contributed by atoms with van der Waals surface area (Å²) in [7, 11) is 1.74. The van der Waals surface area contributed by atoms with Crippen molar-refractivity contribution in [2.24, 2.45) is 4.99 Å². The first-order valence-corrected chi connectivity index (χ1v) is 7.51. The Labute approximate surface area is 131 Å². The first kappa shape index (κ1) is 15.6. The minimum Gasteiger partial charge on any atom is -0.296 e. The molecule has 1 aromatic carbocycles. The summed E-state index contributed by atoms with van der Waals surface area (Å²) in [6.45, 7) is 6.35. The number of aliphatic imine (C=N–C) groups is 1. The summed E-state index contributed by atoms with van der Waals surface area (Å²) in [6.07, 6.45) is 2.91. The molecule has 0 fully saturated rings. The van der Waals surface area contributed by atoms with Crippen molar-refractivity contribution in [2.75, 3.05) is 7.05 Å². The summed E-state index contributed by atoms with van der Waals surface area (Å²) in [5.74, 6) is 0.562. The maximum atomic E-state index is 6.01. The molecule has 0 aliphatic rings. The molecule has 0 aliphatic carbocycles. The van der Waals surface area contributed by atoms with E-state index in [1.807, 2.05) is 6.92 Å². The predicted octanol–water partition coefficient (Wildman–Crippen LogP) is 4.67. The largest absolute Gasteiger partial charge is 0.296 e. The quantitative estimate of drug-likeness (QED) is 0.608. The van der Waals surface area contributed by atoms with Crippen molar-refractivity contribution in [3.63, 3.8) is 0 Å². The molecule has 1 aromatic heterocycles. The molecule has 4 heteroatoms. The Balaban J connectivity index is 2.51. The summed E-state index contributed by atoms with van der Waals surface area (Å²) < 4.78 is 0. The smallest absolute Gasteiger partial charge is 0.223 e.